The molecule has 246 valence electrons. The Morgan fingerprint density at radius 3 is 1.00 bits per heavy atom. The van der Waals surface area contributed by atoms with Gasteiger partial charge in [0.05, 0.1) is 24.1 Å². The van der Waals surface area contributed by atoms with Crippen molar-refractivity contribution in [3.8, 4) is 0 Å². The van der Waals surface area contributed by atoms with Crippen molar-refractivity contribution in [1.29, 1.82) is 0 Å². The molecule has 8 nitrogen and oxygen atoms in total. The molecular formula is C33H63O8-3. The zero-order chi connectivity index (χ0) is 31.6. The smallest absolute Gasteiger partial charge is 0.0933 e. The van der Waals surface area contributed by atoms with Crippen molar-refractivity contribution in [2.24, 2.45) is 0 Å². The molecule has 0 fully saturated rings. The second-order valence-electron chi connectivity index (χ2n) is 11.2. The summed E-state index contributed by atoms with van der Waals surface area (Å²) in [4.78, 5) is 29.7. The maximum Gasteiger partial charge on any atom is 0.0933 e. The topological polar surface area (TPSA) is 161 Å². The van der Waals surface area contributed by atoms with Crippen molar-refractivity contribution in [1.82, 2.24) is 0 Å². The molecule has 2 unspecified atom stereocenters. The average molecular weight is 588 g/mol. The zero-order valence-electron chi connectivity index (χ0n) is 26.7. The molecule has 0 aromatic rings. The summed E-state index contributed by atoms with van der Waals surface area (Å²) in [5.74, 6) is -3.69. The van der Waals surface area contributed by atoms with Crippen LogP contribution in [0.2, 0.25) is 0 Å². The van der Waals surface area contributed by atoms with Crippen LogP contribution in [0.5, 0.6) is 0 Å². The first-order valence-corrected chi connectivity index (χ1v) is 16.6. The standard InChI is InChI=1S/C18H36O3.C12H24O2.C3H6O3/c1-2-3-4-5-6-7-8-9-10-11-12-13-14-15-16-17(19)18(20)21;1-2-3-4-5-6-7-8-9-10-11-12(13)14;1-2(4)3(5)6/h17,19H,2-16H2,1H3,(H,20,21);2-11H2,1H3,(H,13,14);2,4H,1H3,(H,5,6)/p-3. The molecule has 0 rings (SSSR count). The van der Waals surface area contributed by atoms with E-state index in [0.717, 1.165) is 39.0 Å². The minimum Gasteiger partial charge on any atom is -0.550 e. The molecule has 0 heterocycles. The van der Waals surface area contributed by atoms with Crippen LogP contribution in [-0.2, 0) is 14.4 Å². The second kappa shape index (κ2) is 36.4. The van der Waals surface area contributed by atoms with E-state index in [0.29, 0.717) is 6.42 Å². The molecule has 0 saturated carbocycles. The van der Waals surface area contributed by atoms with Gasteiger partial charge >= 0.3 is 0 Å². The second-order valence-corrected chi connectivity index (χ2v) is 11.2. The molecule has 0 aliphatic rings. The van der Waals surface area contributed by atoms with E-state index in [4.69, 9.17) is 10.2 Å². The zero-order valence-corrected chi connectivity index (χ0v) is 26.7. The van der Waals surface area contributed by atoms with Gasteiger partial charge in [-0.3, -0.25) is 0 Å². The largest absolute Gasteiger partial charge is 0.550 e. The monoisotopic (exact) mass is 587 g/mol. The summed E-state index contributed by atoms with van der Waals surface area (Å²) in [6.45, 7) is 5.61. The van der Waals surface area contributed by atoms with Crippen molar-refractivity contribution in [2.75, 3.05) is 0 Å². The Balaban J connectivity index is -0.000000617. The van der Waals surface area contributed by atoms with Crippen molar-refractivity contribution < 1.29 is 39.9 Å². The quantitative estimate of drug-likeness (QED) is 0.130. The van der Waals surface area contributed by atoms with Crippen LogP contribution in [0.25, 0.3) is 0 Å². The maximum absolute atomic E-state index is 10.3. The summed E-state index contributed by atoms with van der Waals surface area (Å²) in [5.41, 5.74) is 0. The Bertz CT molecular complexity index is 565. The minimum atomic E-state index is -1.44. The van der Waals surface area contributed by atoms with Gasteiger partial charge in [-0.2, -0.15) is 0 Å². The first-order valence-electron chi connectivity index (χ1n) is 16.6. The van der Waals surface area contributed by atoms with Gasteiger partial charge in [-0.05, 0) is 26.2 Å². The first-order chi connectivity index (χ1) is 19.6. The van der Waals surface area contributed by atoms with Gasteiger partial charge in [0.2, 0.25) is 0 Å². The van der Waals surface area contributed by atoms with Gasteiger partial charge in [0.25, 0.3) is 0 Å². The summed E-state index contributed by atoms with van der Waals surface area (Å²) in [5, 5.41) is 46.8. The Kier molecular flexibility index (Phi) is 38.8. The highest BCUT2D eigenvalue weighted by atomic mass is 16.4. The Labute approximate surface area is 251 Å². The number of carboxylic acid groups (broad SMARTS) is 3. The third-order valence-corrected chi connectivity index (χ3v) is 6.93. The fourth-order valence-corrected chi connectivity index (χ4v) is 4.23. The van der Waals surface area contributed by atoms with Gasteiger partial charge in [0.15, 0.2) is 0 Å². The lowest BCUT2D eigenvalue weighted by atomic mass is 10.0. The molecule has 0 bridgehead atoms. The van der Waals surface area contributed by atoms with Gasteiger partial charge in [-0.25, -0.2) is 0 Å². The summed E-state index contributed by atoms with van der Waals surface area (Å²) in [6, 6.07) is 0. The van der Waals surface area contributed by atoms with E-state index in [1.54, 1.807) is 0 Å². The molecule has 0 saturated heterocycles. The summed E-state index contributed by atoms with van der Waals surface area (Å²) in [7, 11) is 0. The van der Waals surface area contributed by atoms with Gasteiger partial charge < -0.3 is 39.9 Å². The normalized spacial score (nSPS) is 11.9. The van der Waals surface area contributed by atoms with Crippen molar-refractivity contribution in [3.05, 3.63) is 0 Å². The number of hydrogen-bond acceptors (Lipinski definition) is 8. The molecule has 0 aromatic carbocycles. The highest BCUT2D eigenvalue weighted by molar-refractivity contribution is 5.69. The molecule has 0 spiro atoms. The lowest BCUT2D eigenvalue weighted by Crippen LogP contribution is -2.35. The molecule has 0 aromatic heterocycles. The summed E-state index contributed by atoms with van der Waals surface area (Å²) >= 11 is 0. The van der Waals surface area contributed by atoms with E-state index in [1.165, 1.54) is 116 Å². The number of carbonyl (C=O) groups excluding carboxylic acids is 3. The van der Waals surface area contributed by atoms with Crippen LogP contribution < -0.4 is 15.3 Å². The molecule has 0 radical (unpaired) electrons. The fraction of sp³-hybridized carbons (Fsp3) is 0.909. The predicted molar refractivity (Wildman–Crippen MR) is 159 cm³/mol. The van der Waals surface area contributed by atoms with Crippen LogP contribution >= 0.6 is 0 Å². The molecule has 0 aliphatic carbocycles. The molecule has 0 aliphatic heterocycles. The van der Waals surface area contributed by atoms with Crippen LogP contribution in [0.1, 0.15) is 181 Å². The van der Waals surface area contributed by atoms with Crippen LogP contribution in [0.4, 0.5) is 0 Å². The number of aliphatic hydroxyl groups is 2. The lowest BCUT2D eigenvalue weighted by Gasteiger charge is -2.10. The lowest BCUT2D eigenvalue weighted by molar-refractivity contribution is -0.315. The van der Waals surface area contributed by atoms with E-state index < -0.39 is 30.1 Å². The van der Waals surface area contributed by atoms with E-state index in [9.17, 15) is 29.7 Å². The highest BCUT2D eigenvalue weighted by Gasteiger charge is 2.03. The third-order valence-electron chi connectivity index (χ3n) is 6.93. The van der Waals surface area contributed by atoms with Crippen molar-refractivity contribution in [2.45, 2.75) is 193 Å². The van der Waals surface area contributed by atoms with Gasteiger partial charge in [0.1, 0.15) is 0 Å². The number of unbranched alkanes of at least 4 members (excludes halogenated alkanes) is 21. The van der Waals surface area contributed by atoms with E-state index in [1.807, 2.05) is 0 Å². The molecule has 41 heavy (non-hydrogen) atoms. The maximum atomic E-state index is 10.3. The molecule has 8 heteroatoms. The molecular weight excluding hydrogens is 524 g/mol. The van der Waals surface area contributed by atoms with Crippen LogP contribution in [0, 0.1) is 0 Å². The molecule has 0 amide bonds. The number of rotatable bonds is 27. The van der Waals surface area contributed by atoms with E-state index in [2.05, 4.69) is 13.8 Å². The highest BCUT2D eigenvalue weighted by Crippen LogP contribution is 2.14. The number of carbonyl (C=O) groups is 3. The van der Waals surface area contributed by atoms with Crippen LogP contribution in [0.3, 0.4) is 0 Å². The van der Waals surface area contributed by atoms with Gasteiger partial charge in [-0.1, -0.05) is 155 Å². The number of aliphatic hydroxyl groups excluding tert-OH is 2. The van der Waals surface area contributed by atoms with E-state index >= 15 is 0 Å². The SMILES string of the molecule is CC(O)C(=O)[O-].CCCCCCCCCCCC(=O)[O-].CCCCCCCCCCCCCCCCC(O)C(=O)[O-]. The molecule has 2 N–H and O–H groups in total. The Hall–Kier alpha value is -1.67. The van der Waals surface area contributed by atoms with Gasteiger partial charge in [0, 0.05) is 5.97 Å². The third kappa shape index (κ3) is 45.5. The predicted octanol–water partition coefficient (Wildman–Crippen LogP) is 4.74. The fourth-order valence-electron chi connectivity index (χ4n) is 4.23. The Morgan fingerprint density at radius 1 is 0.488 bits per heavy atom. The van der Waals surface area contributed by atoms with Crippen LogP contribution in [0.15, 0.2) is 0 Å². The molecule has 2 atom stereocenters. The van der Waals surface area contributed by atoms with Crippen molar-refractivity contribution in [3.63, 3.8) is 0 Å². The van der Waals surface area contributed by atoms with Crippen LogP contribution in [-0.4, -0.2) is 40.3 Å². The average Bonchev–Trinajstić information content (AvgIpc) is 2.92. The summed E-state index contributed by atoms with van der Waals surface area (Å²) < 4.78 is 0. The van der Waals surface area contributed by atoms with Gasteiger partial charge in [-0.15, -0.1) is 0 Å². The number of carboxylic acids is 3. The number of aliphatic carboxylic acids is 3. The van der Waals surface area contributed by atoms with E-state index in [-0.39, 0.29) is 6.42 Å². The number of hydrogen-bond donors (Lipinski definition) is 2. The van der Waals surface area contributed by atoms with Crippen molar-refractivity contribution >= 4 is 17.9 Å². The Morgan fingerprint density at radius 2 is 0.756 bits per heavy atom. The minimum absolute atomic E-state index is 0.232. The summed E-state index contributed by atoms with van der Waals surface area (Å²) in [6.07, 6.45) is 26.7. The first kappa shape index (κ1) is 43.8.